The molecule has 0 aromatic carbocycles. The van der Waals surface area contributed by atoms with Crippen molar-refractivity contribution in [1.82, 2.24) is 10.6 Å². The summed E-state index contributed by atoms with van der Waals surface area (Å²) in [5.41, 5.74) is -0.200. The summed E-state index contributed by atoms with van der Waals surface area (Å²) >= 11 is 0. The molecule has 0 aliphatic rings. The topological polar surface area (TPSA) is 41.1 Å². The van der Waals surface area contributed by atoms with Gasteiger partial charge in [0.25, 0.3) is 0 Å². The highest BCUT2D eigenvalue weighted by molar-refractivity contribution is 5.84. The van der Waals surface area contributed by atoms with Crippen LogP contribution in [0.3, 0.4) is 0 Å². The minimum atomic E-state index is -0.0972. The smallest absolute Gasteiger partial charge is 0.139 e. The third kappa shape index (κ3) is 7.68. The lowest BCUT2D eigenvalue weighted by molar-refractivity contribution is -0.137. The van der Waals surface area contributed by atoms with Crippen molar-refractivity contribution >= 4 is 5.78 Å². The number of carbonyl (C=O) groups excluding carboxylic acids is 1. The fourth-order valence-electron chi connectivity index (χ4n) is 5.56. The SMILES string of the molecule is CNC(C)(C)CC(C)(C)C(C(=O)C(C)C)C(C)(C)CC(C)(C)NC(C)C. The van der Waals surface area contributed by atoms with Crippen molar-refractivity contribution in [1.29, 1.82) is 0 Å². The first-order chi connectivity index (χ1) is 11.4. The van der Waals surface area contributed by atoms with Crippen LogP contribution in [0.2, 0.25) is 0 Å². The maximum absolute atomic E-state index is 13.4. The van der Waals surface area contributed by atoms with Gasteiger partial charge in [0.05, 0.1) is 0 Å². The van der Waals surface area contributed by atoms with Gasteiger partial charge in [0.1, 0.15) is 5.78 Å². The zero-order chi connectivity index (χ0) is 21.1. The number of hydrogen-bond donors (Lipinski definition) is 2. The minimum absolute atomic E-state index is 0.000784. The van der Waals surface area contributed by atoms with Crippen LogP contribution in [0, 0.1) is 22.7 Å². The molecule has 2 N–H and O–H groups in total. The number of Topliss-reactive ketones (excluding diaryl/α,β-unsaturated/α-hetero) is 1. The van der Waals surface area contributed by atoms with Crippen molar-refractivity contribution in [3.63, 3.8) is 0 Å². The van der Waals surface area contributed by atoms with E-state index in [-0.39, 0.29) is 33.7 Å². The maximum atomic E-state index is 13.4. The highest BCUT2D eigenvalue weighted by Gasteiger charge is 2.48. The third-order valence-electron chi connectivity index (χ3n) is 5.57. The molecule has 0 fully saturated rings. The molecule has 0 aromatic heterocycles. The summed E-state index contributed by atoms with van der Waals surface area (Å²) < 4.78 is 0. The molecule has 0 rings (SSSR count). The lowest BCUT2D eigenvalue weighted by Crippen LogP contribution is -2.53. The van der Waals surface area contributed by atoms with Gasteiger partial charge >= 0.3 is 0 Å². The zero-order valence-corrected chi connectivity index (χ0v) is 20.1. The number of ketones is 1. The number of nitrogens with one attached hydrogen (secondary N) is 2. The summed E-state index contributed by atoms with van der Waals surface area (Å²) in [6.45, 7) is 26.6. The van der Waals surface area contributed by atoms with E-state index in [1.54, 1.807) is 0 Å². The Hall–Kier alpha value is -0.410. The first kappa shape index (κ1) is 25.6. The Morgan fingerprint density at radius 2 is 1.15 bits per heavy atom. The van der Waals surface area contributed by atoms with Gasteiger partial charge < -0.3 is 10.6 Å². The lowest BCUT2D eigenvalue weighted by atomic mass is 9.56. The first-order valence-electron chi connectivity index (χ1n) is 10.4. The van der Waals surface area contributed by atoms with Crippen LogP contribution in [-0.4, -0.2) is 30.0 Å². The van der Waals surface area contributed by atoms with Crippen molar-refractivity contribution in [2.45, 2.75) is 113 Å². The summed E-state index contributed by atoms with van der Waals surface area (Å²) in [5.74, 6) is 0.459. The van der Waals surface area contributed by atoms with E-state index >= 15 is 0 Å². The predicted octanol–water partition coefficient (Wildman–Crippen LogP) is 5.43. The monoisotopic (exact) mass is 368 g/mol. The molecule has 1 unspecified atom stereocenters. The van der Waals surface area contributed by atoms with E-state index in [1.807, 2.05) is 20.9 Å². The van der Waals surface area contributed by atoms with E-state index in [1.165, 1.54) is 0 Å². The van der Waals surface area contributed by atoms with E-state index < -0.39 is 0 Å². The van der Waals surface area contributed by atoms with E-state index in [4.69, 9.17) is 0 Å². The molecule has 0 spiro atoms. The summed E-state index contributed by atoms with van der Waals surface area (Å²) in [7, 11) is 2.01. The second-order valence-electron chi connectivity index (χ2n) is 11.6. The maximum Gasteiger partial charge on any atom is 0.139 e. The molecule has 1 atom stereocenters. The predicted molar refractivity (Wildman–Crippen MR) is 116 cm³/mol. The van der Waals surface area contributed by atoms with Crippen LogP contribution < -0.4 is 10.6 Å². The molecule has 0 aliphatic heterocycles. The molecule has 0 amide bonds. The van der Waals surface area contributed by atoms with E-state index in [9.17, 15) is 4.79 Å². The van der Waals surface area contributed by atoms with Crippen LogP contribution in [0.5, 0.6) is 0 Å². The summed E-state index contributed by atoms with van der Waals surface area (Å²) in [5, 5.41) is 7.11. The molecule has 0 saturated heterocycles. The van der Waals surface area contributed by atoms with Crippen LogP contribution in [0.15, 0.2) is 0 Å². The molecule has 3 nitrogen and oxygen atoms in total. The largest absolute Gasteiger partial charge is 0.315 e. The molecule has 26 heavy (non-hydrogen) atoms. The molecule has 0 aliphatic carbocycles. The van der Waals surface area contributed by atoms with Crippen LogP contribution in [0.1, 0.15) is 95.9 Å². The van der Waals surface area contributed by atoms with Crippen LogP contribution >= 0.6 is 0 Å². The summed E-state index contributed by atoms with van der Waals surface area (Å²) in [6.07, 6.45) is 1.92. The van der Waals surface area contributed by atoms with Gasteiger partial charge in [-0.3, -0.25) is 4.79 Å². The van der Waals surface area contributed by atoms with Crippen LogP contribution in [0.25, 0.3) is 0 Å². The molecule has 3 heteroatoms. The molecule has 0 radical (unpaired) electrons. The highest BCUT2D eigenvalue weighted by atomic mass is 16.1. The van der Waals surface area contributed by atoms with Gasteiger partial charge in [-0.2, -0.15) is 0 Å². The lowest BCUT2D eigenvalue weighted by Gasteiger charge is -2.50. The average Bonchev–Trinajstić information content (AvgIpc) is 2.32. The second-order valence-corrected chi connectivity index (χ2v) is 11.6. The van der Waals surface area contributed by atoms with Gasteiger partial charge in [-0.1, -0.05) is 55.4 Å². The Kier molecular flexibility index (Phi) is 8.59. The van der Waals surface area contributed by atoms with Gasteiger partial charge in [-0.05, 0) is 58.4 Å². The number of carbonyl (C=O) groups is 1. The fraction of sp³-hybridized carbons (Fsp3) is 0.957. The molecule has 0 heterocycles. The molecule has 0 saturated carbocycles. The minimum Gasteiger partial charge on any atom is -0.315 e. The van der Waals surface area contributed by atoms with Crippen molar-refractivity contribution in [3.8, 4) is 0 Å². The normalized spacial score (nSPS) is 15.7. The van der Waals surface area contributed by atoms with Gasteiger partial charge in [-0.25, -0.2) is 0 Å². The van der Waals surface area contributed by atoms with Gasteiger partial charge in [0.2, 0.25) is 0 Å². The summed E-state index contributed by atoms with van der Waals surface area (Å²) in [4.78, 5) is 13.4. The van der Waals surface area contributed by atoms with Crippen molar-refractivity contribution in [3.05, 3.63) is 0 Å². The Labute approximate surface area is 164 Å². The Morgan fingerprint density at radius 3 is 1.46 bits per heavy atom. The van der Waals surface area contributed by atoms with Crippen molar-refractivity contribution < 1.29 is 4.79 Å². The zero-order valence-electron chi connectivity index (χ0n) is 20.1. The fourth-order valence-corrected chi connectivity index (χ4v) is 5.56. The third-order valence-corrected chi connectivity index (χ3v) is 5.57. The molecule has 0 bridgehead atoms. The van der Waals surface area contributed by atoms with Crippen LogP contribution in [-0.2, 0) is 4.79 Å². The first-order valence-corrected chi connectivity index (χ1v) is 10.4. The average molecular weight is 369 g/mol. The van der Waals surface area contributed by atoms with Crippen molar-refractivity contribution in [2.75, 3.05) is 7.05 Å². The van der Waals surface area contributed by atoms with Gasteiger partial charge in [0.15, 0.2) is 0 Å². The highest BCUT2D eigenvalue weighted by Crippen LogP contribution is 2.49. The van der Waals surface area contributed by atoms with E-state index in [0.29, 0.717) is 11.8 Å². The van der Waals surface area contributed by atoms with Gasteiger partial charge in [0, 0.05) is 29.0 Å². The number of hydrogen-bond acceptors (Lipinski definition) is 3. The van der Waals surface area contributed by atoms with E-state index in [0.717, 1.165) is 12.8 Å². The van der Waals surface area contributed by atoms with Gasteiger partial charge in [-0.15, -0.1) is 0 Å². The molecule has 156 valence electrons. The standard InChI is InChI=1S/C23H48N2O/c1-16(2)18(26)19(20(5,6)14-22(9,10)24-13)21(7,8)15-23(11,12)25-17(3)4/h16-17,19,24-25H,14-15H2,1-13H3. The van der Waals surface area contributed by atoms with Crippen molar-refractivity contribution in [2.24, 2.45) is 22.7 Å². The van der Waals surface area contributed by atoms with E-state index in [2.05, 4.69) is 79.9 Å². The quantitative estimate of drug-likeness (QED) is 0.510. The molecular formula is C23H48N2O. The Balaban J connectivity index is 5.91. The van der Waals surface area contributed by atoms with Crippen LogP contribution in [0.4, 0.5) is 0 Å². The Bertz CT molecular complexity index is 459. The molecular weight excluding hydrogens is 320 g/mol. The molecule has 0 aromatic rings. The second kappa shape index (κ2) is 8.73. The Morgan fingerprint density at radius 1 is 0.769 bits per heavy atom. The number of rotatable bonds is 11. The summed E-state index contributed by atoms with van der Waals surface area (Å²) in [6, 6.07) is 0.427.